The first-order valence-corrected chi connectivity index (χ1v) is 18.3. The molecule has 0 spiro atoms. The van der Waals surface area contributed by atoms with Gasteiger partial charge in [0.2, 0.25) is 0 Å². The minimum atomic E-state index is -0.189. The SMILES string of the molecule is CC1(C)c2ccccc2-c2c1c1c3c4ccccc4n(-c4cccc(-c5nc(-c6ccccc6)c6ccccc6n5)c4)c3ccc1n2-c1ccccc1. The van der Waals surface area contributed by atoms with Crippen molar-refractivity contribution in [3.63, 3.8) is 0 Å². The zero-order chi connectivity index (χ0) is 35.3. The van der Waals surface area contributed by atoms with E-state index in [0.29, 0.717) is 5.82 Å². The number of nitrogens with zero attached hydrogens (tertiary/aromatic N) is 4. The van der Waals surface area contributed by atoms with Crippen LogP contribution in [0.5, 0.6) is 0 Å². The van der Waals surface area contributed by atoms with Crippen LogP contribution in [0.2, 0.25) is 0 Å². The van der Waals surface area contributed by atoms with E-state index >= 15 is 0 Å². The fourth-order valence-corrected chi connectivity index (χ4v) is 9.00. The number of hydrogen-bond acceptors (Lipinski definition) is 2. The van der Waals surface area contributed by atoms with Crippen molar-refractivity contribution in [2.24, 2.45) is 0 Å². The van der Waals surface area contributed by atoms with Gasteiger partial charge in [-0.1, -0.05) is 135 Å². The van der Waals surface area contributed by atoms with Crippen molar-refractivity contribution in [3.8, 4) is 45.3 Å². The molecule has 0 N–H and O–H groups in total. The lowest BCUT2D eigenvalue weighted by atomic mass is 9.81. The molecule has 0 atom stereocenters. The lowest BCUT2D eigenvalue weighted by Crippen LogP contribution is -2.14. The molecule has 4 nitrogen and oxygen atoms in total. The van der Waals surface area contributed by atoms with Gasteiger partial charge in [0, 0.05) is 55.0 Å². The van der Waals surface area contributed by atoms with Crippen LogP contribution < -0.4 is 0 Å². The van der Waals surface area contributed by atoms with Crippen molar-refractivity contribution >= 4 is 43.6 Å². The second kappa shape index (κ2) is 11.1. The lowest BCUT2D eigenvalue weighted by Gasteiger charge is -2.21. The van der Waals surface area contributed by atoms with Gasteiger partial charge in [0.1, 0.15) is 0 Å². The van der Waals surface area contributed by atoms with E-state index < -0.39 is 0 Å². The summed E-state index contributed by atoms with van der Waals surface area (Å²) in [4.78, 5) is 10.3. The zero-order valence-electron chi connectivity index (χ0n) is 29.5. The van der Waals surface area contributed by atoms with Gasteiger partial charge in [0.05, 0.1) is 33.5 Å². The molecule has 53 heavy (non-hydrogen) atoms. The third-order valence-corrected chi connectivity index (χ3v) is 11.3. The van der Waals surface area contributed by atoms with Crippen molar-refractivity contribution in [1.29, 1.82) is 0 Å². The number of hydrogen-bond donors (Lipinski definition) is 0. The molecular formula is C49H34N4. The average molecular weight is 679 g/mol. The second-order valence-corrected chi connectivity index (χ2v) is 14.6. The molecule has 3 aromatic heterocycles. The summed E-state index contributed by atoms with van der Waals surface area (Å²) in [5.41, 5.74) is 14.9. The predicted octanol–water partition coefficient (Wildman–Crippen LogP) is 12.3. The highest BCUT2D eigenvalue weighted by atomic mass is 15.0. The normalized spacial score (nSPS) is 13.2. The van der Waals surface area contributed by atoms with Crippen LogP contribution in [0.3, 0.4) is 0 Å². The van der Waals surface area contributed by atoms with Gasteiger partial charge in [-0.3, -0.25) is 0 Å². The smallest absolute Gasteiger partial charge is 0.160 e. The maximum absolute atomic E-state index is 5.21. The Kier molecular flexibility index (Phi) is 6.27. The summed E-state index contributed by atoms with van der Waals surface area (Å²) in [5, 5.41) is 4.89. The van der Waals surface area contributed by atoms with E-state index in [4.69, 9.17) is 9.97 Å². The first-order chi connectivity index (χ1) is 26.1. The average Bonchev–Trinajstić information content (AvgIpc) is 3.82. The molecule has 3 heterocycles. The van der Waals surface area contributed by atoms with Crippen molar-refractivity contribution in [3.05, 3.63) is 181 Å². The third-order valence-electron chi connectivity index (χ3n) is 11.3. The predicted molar refractivity (Wildman–Crippen MR) is 219 cm³/mol. The second-order valence-electron chi connectivity index (χ2n) is 14.6. The van der Waals surface area contributed by atoms with E-state index in [-0.39, 0.29) is 5.41 Å². The highest BCUT2D eigenvalue weighted by Crippen LogP contribution is 2.55. The fourth-order valence-electron chi connectivity index (χ4n) is 9.00. The first kappa shape index (κ1) is 29.9. The quantitative estimate of drug-likeness (QED) is 0.186. The standard InChI is InChI=1S/C49H34N4/c1-49(2)38-25-12-9-22-35(38)47-45(49)44-42(53(47)33-19-7-4-8-20-33)29-28-41-43(44)37-24-11-14-27-40(37)52(41)34-21-15-18-32(30-34)48-50-39-26-13-10-23-36(39)46(51-48)31-16-5-3-6-17-31/h3-30H,1-2H3. The van der Waals surface area contributed by atoms with E-state index in [1.54, 1.807) is 0 Å². The minimum Gasteiger partial charge on any atom is -0.309 e. The highest BCUT2D eigenvalue weighted by molar-refractivity contribution is 6.24. The molecule has 0 saturated carbocycles. The Hall–Kier alpha value is -6.78. The lowest BCUT2D eigenvalue weighted by molar-refractivity contribution is 0.666. The van der Waals surface area contributed by atoms with Crippen molar-refractivity contribution in [2.75, 3.05) is 0 Å². The monoisotopic (exact) mass is 678 g/mol. The molecule has 0 bridgehead atoms. The van der Waals surface area contributed by atoms with Gasteiger partial charge in [-0.15, -0.1) is 0 Å². The van der Waals surface area contributed by atoms with Crippen molar-refractivity contribution < 1.29 is 0 Å². The van der Waals surface area contributed by atoms with Gasteiger partial charge < -0.3 is 9.13 Å². The van der Waals surface area contributed by atoms with Crippen LogP contribution in [0.1, 0.15) is 25.0 Å². The van der Waals surface area contributed by atoms with E-state index in [1.165, 1.54) is 60.8 Å². The maximum Gasteiger partial charge on any atom is 0.160 e. The molecule has 1 aliphatic carbocycles. The Morgan fingerprint density at radius 1 is 0.472 bits per heavy atom. The molecule has 0 fully saturated rings. The largest absolute Gasteiger partial charge is 0.309 e. The molecule has 0 aliphatic heterocycles. The summed E-state index contributed by atoms with van der Waals surface area (Å²) in [6.07, 6.45) is 0. The molecule has 0 amide bonds. The van der Waals surface area contributed by atoms with Crippen LogP contribution in [-0.4, -0.2) is 19.1 Å². The Morgan fingerprint density at radius 2 is 1.11 bits per heavy atom. The van der Waals surface area contributed by atoms with E-state index in [9.17, 15) is 0 Å². The molecule has 0 unspecified atom stereocenters. The van der Waals surface area contributed by atoms with Gasteiger partial charge in [-0.25, -0.2) is 9.97 Å². The Balaban J connectivity index is 1.20. The molecule has 1 aliphatic rings. The Morgan fingerprint density at radius 3 is 1.94 bits per heavy atom. The summed E-state index contributed by atoms with van der Waals surface area (Å²) in [7, 11) is 0. The number of fused-ring (bicyclic) bond motifs is 10. The number of rotatable bonds is 4. The van der Waals surface area contributed by atoms with Crippen LogP contribution in [0.25, 0.3) is 88.9 Å². The number of benzene rings is 7. The van der Waals surface area contributed by atoms with Gasteiger partial charge in [-0.2, -0.15) is 0 Å². The summed E-state index contributed by atoms with van der Waals surface area (Å²) < 4.78 is 4.92. The Labute approximate surface area is 307 Å². The summed E-state index contributed by atoms with van der Waals surface area (Å²) in [6.45, 7) is 4.78. The van der Waals surface area contributed by atoms with E-state index in [0.717, 1.165) is 33.4 Å². The van der Waals surface area contributed by atoms with Crippen molar-refractivity contribution in [2.45, 2.75) is 19.3 Å². The minimum absolute atomic E-state index is 0.189. The van der Waals surface area contributed by atoms with E-state index in [2.05, 4.69) is 181 Å². The molecule has 10 aromatic rings. The van der Waals surface area contributed by atoms with Gasteiger partial charge in [-0.05, 0) is 59.7 Å². The van der Waals surface area contributed by atoms with Crippen LogP contribution >= 0.6 is 0 Å². The van der Waals surface area contributed by atoms with Gasteiger partial charge in [0.25, 0.3) is 0 Å². The van der Waals surface area contributed by atoms with Crippen LogP contribution in [0.4, 0.5) is 0 Å². The van der Waals surface area contributed by atoms with E-state index in [1.807, 2.05) is 12.1 Å². The molecule has 11 rings (SSSR count). The van der Waals surface area contributed by atoms with Crippen molar-refractivity contribution in [1.82, 2.24) is 19.1 Å². The molecule has 0 saturated heterocycles. The maximum atomic E-state index is 5.21. The van der Waals surface area contributed by atoms with Crippen LogP contribution in [0, 0.1) is 0 Å². The van der Waals surface area contributed by atoms with Gasteiger partial charge in [0.15, 0.2) is 5.82 Å². The van der Waals surface area contributed by atoms with Crippen LogP contribution in [0.15, 0.2) is 170 Å². The number of aromatic nitrogens is 4. The van der Waals surface area contributed by atoms with Crippen LogP contribution in [-0.2, 0) is 5.41 Å². The summed E-state index contributed by atoms with van der Waals surface area (Å²) >= 11 is 0. The van der Waals surface area contributed by atoms with Gasteiger partial charge >= 0.3 is 0 Å². The number of para-hydroxylation sites is 3. The molecule has 250 valence electrons. The molecule has 0 radical (unpaired) electrons. The summed E-state index contributed by atoms with van der Waals surface area (Å²) in [5.74, 6) is 0.713. The Bertz CT molecular complexity index is 3080. The first-order valence-electron chi connectivity index (χ1n) is 18.3. The zero-order valence-corrected chi connectivity index (χ0v) is 29.5. The molecular weight excluding hydrogens is 645 g/mol. The topological polar surface area (TPSA) is 35.6 Å². The highest BCUT2D eigenvalue weighted by Gasteiger charge is 2.41. The fraction of sp³-hybridized carbons (Fsp3) is 0.0612. The molecule has 7 aromatic carbocycles. The molecule has 4 heteroatoms. The third kappa shape index (κ3) is 4.24. The summed E-state index contributed by atoms with van der Waals surface area (Å²) in [6, 6.07) is 60.7.